The Balaban J connectivity index is 0.000000116. The van der Waals surface area contributed by atoms with Crippen LogP contribution in [0.3, 0.4) is 0 Å². The van der Waals surface area contributed by atoms with E-state index in [0.717, 1.165) is 11.8 Å². The van der Waals surface area contributed by atoms with Crippen LogP contribution < -0.4 is 0 Å². The Morgan fingerprint density at radius 1 is 0.355 bits per heavy atom. The van der Waals surface area contributed by atoms with E-state index < -0.39 is 0 Å². The quantitative estimate of drug-likeness (QED) is 0.294. The molecule has 0 saturated heterocycles. The van der Waals surface area contributed by atoms with Gasteiger partial charge in [-0.25, -0.2) is 0 Å². The lowest BCUT2D eigenvalue weighted by Gasteiger charge is -1.98. The first-order chi connectivity index (χ1) is 15.4. The lowest BCUT2D eigenvalue weighted by atomic mass is 10.1. The van der Waals surface area contributed by atoms with Crippen LogP contribution in [0.15, 0.2) is 133 Å². The Morgan fingerprint density at radius 2 is 0.613 bits per heavy atom. The average molecular weight is 403 g/mol. The van der Waals surface area contributed by atoms with Crippen molar-refractivity contribution in [1.29, 1.82) is 0 Å². The van der Waals surface area contributed by atoms with Gasteiger partial charge in [-0.1, -0.05) is 133 Å². The third-order valence-corrected chi connectivity index (χ3v) is 5.93. The van der Waals surface area contributed by atoms with E-state index in [9.17, 15) is 0 Å². The zero-order valence-electron chi connectivity index (χ0n) is 18.0. The summed E-state index contributed by atoms with van der Waals surface area (Å²) in [5, 5.41) is 0. The molecule has 2 aliphatic carbocycles. The van der Waals surface area contributed by atoms with E-state index in [1.807, 2.05) is 24.3 Å². The first-order valence-electron chi connectivity index (χ1n) is 11.3. The van der Waals surface area contributed by atoms with Crippen molar-refractivity contribution in [3.05, 3.63) is 133 Å². The number of rotatable bonds is 2. The highest BCUT2D eigenvalue weighted by Crippen LogP contribution is 2.38. The molecule has 0 heterocycles. The Kier molecular flexibility index (Phi) is 7.50. The zero-order valence-corrected chi connectivity index (χ0v) is 18.0. The Bertz CT molecular complexity index is 872. The summed E-state index contributed by atoms with van der Waals surface area (Å²) in [6, 6.07) is 41.6. The number of allylic oxidation sites excluding steroid dienone is 2. The van der Waals surface area contributed by atoms with Gasteiger partial charge in [0.15, 0.2) is 0 Å². The number of hydrogen-bond acceptors (Lipinski definition) is 0. The van der Waals surface area contributed by atoms with Crippen molar-refractivity contribution in [2.24, 2.45) is 11.8 Å². The number of hydrogen-bond donors (Lipinski definition) is 0. The van der Waals surface area contributed by atoms with Crippen molar-refractivity contribution in [3.8, 4) is 22.3 Å². The zero-order chi connectivity index (χ0) is 21.1. The molecule has 0 radical (unpaired) electrons. The van der Waals surface area contributed by atoms with Crippen LogP contribution in [0.25, 0.3) is 22.3 Å². The Labute approximate surface area is 186 Å². The minimum absolute atomic E-state index is 0.991. The summed E-state index contributed by atoms with van der Waals surface area (Å²) in [5.41, 5.74) is 5.10. The summed E-state index contributed by atoms with van der Waals surface area (Å²) in [7, 11) is 0. The molecule has 0 nitrogen and oxygen atoms in total. The van der Waals surface area contributed by atoms with Crippen LogP contribution in [0.2, 0.25) is 0 Å². The van der Waals surface area contributed by atoms with Gasteiger partial charge >= 0.3 is 0 Å². The van der Waals surface area contributed by atoms with E-state index >= 15 is 0 Å². The van der Waals surface area contributed by atoms with Gasteiger partial charge in [0.25, 0.3) is 0 Å². The lowest BCUT2D eigenvalue weighted by molar-refractivity contribution is 0.691. The molecular weight excluding hydrogens is 372 g/mol. The predicted molar refractivity (Wildman–Crippen MR) is 134 cm³/mol. The molecule has 4 aromatic carbocycles. The first kappa shape index (κ1) is 20.9. The minimum atomic E-state index is 0.991. The monoisotopic (exact) mass is 402 g/mol. The van der Waals surface area contributed by atoms with Crippen LogP contribution in [0, 0.1) is 11.8 Å². The maximum atomic E-state index is 2.38. The fourth-order valence-electron chi connectivity index (χ4n) is 4.24. The van der Waals surface area contributed by atoms with E-state index in [1.165, 1.54) is 41.5 Å². The normalized spacial score (nSPS) is 17.8. The molecular formula is C31H30. The molecule has 0 amide bonds. The van der Waals surface area contributed by atoms with E-state index in [1.54, 1.807) is 0 Å². The van der Waals surface area contributed by atoms with Crippen LogP contribution >= 0.6 is 0 Å². The molecule has 2 aliphatic rings. The van der Waals surface area contributed by atoms with Gasteiger partial charge in [-0.2, -0.15) is 0 Å². The van der Waals surface area contributed by atoms with Crippen LogP contribution in [0.5, 0.6) is 0 Å². The van der Waals surface area contributed by atoms with E-state index in [2.05, 4.69) is 109 Å². The number of fused-ring (bicyclic) bond motifs is 2. The van der Waals surface area contributed by atoms with Gasteiger partial charge in [0.05, 0.1) is 0 Å². The van der Waals surface area contributed by atoms with Crippen molar-refractivity contribution in [1.82, 2.24) is 0 Å². The van der Waals surface area contributed by atoms with Crippen molar-refractivity contribution in [2.45, 2.75) is 19.3 Å². The fraction of sp³-hybridized carbons (Fsp3) is 0.161. The molecule has 0 aliphatic heterocycles. The van der Waals surface area contributed by atoms with Crippen LogP contribution in [0.4, 0.5) is 0 Å². The molecule has 2 bridgehead atoms. The average Bonchev–Trinajstić information content (AvgIpc) is 3.54. The van der Waals surface area contributed by atoms with Crippen LogP contribution in [0.1, 0.15) is 19.3 Å². The van der Waals surface area contributed by atoms with Crippen molar-refractivity contribution >= 4 is 0 Å². The Hall–Kier alpha value is -3.38. The molecule has 4 aromatic rings. The molecule has 2 unspecified atom stereocenters. The summed E-state index contributed by atoms with van der Waals surface area (Å²) in [6.07, 6.45) is 9.19. The highest BCUT2D eigenvalue weighted by atomic mass is 14.3. The summed E-state index contributed by atoms with van der Waals surface area (Å²) in [4.78, 5) is 0. The van der Waals surface area contributed by atoms with Gasteiger partial charge in [-0.05, 0) is 53.4 Å². The second kappa shape index (κ2) is 11.1. The SMILES string of the molecule is C1=CC2CCC1C2.c1ccc(-c2ccccc2)cc1.c1ccc(-c2ccccc2)cc1. The van der Waals surface area contributed by atoms with Gasteiger partial charge in [0.2, 0.25) is 0 Å². The molecule has 1 fully saturated rings. The third kappa shape index (κ3) is 6.30. The summed E-state index contributed by atoms with van der Waals surface area (Å²) >= 11 is 0. The molecule has 0 aromatic heterocycles. The van der Waals surface area contributed by atoms with Gasteiger partial charge < -0.3 is 0 Å². The minimum Gasteiger partial charge on any atom is -0.0851 e. The summed E-state index contributed by atoms with van der Waals surface area (Å²) < 4.78 is 0. The molecule has 2 atom stereocenters. The van der Waals surface area contributed by atoms with Gasteiger partial charge in [-0.3, -0.25) is 0 Å². The highest BCUT2D eigenvalue weighted by Gasteiger charge is 2.25. The summed E-state index contributed by atoms with van der Waals surface area (Å²) in [5.74, 6) is 1.98. The standard InChI is InChI=1S/2C12H10.C7H10/c2*1-3-7-11(8-4-1)12-9-5-2-6-10-12;1-2-7-4-3-6(1)5-7/h2*1-10H;1-2,6-7H,3-5H2. The van der Waals surface area contributed by atoms with E-state index in [-0.39, 0.29) is 0 Å². The van der Waals surface area contributed by atoms with Gasteiger partial charge in [0, 0.05) is 0 Å². The second-order valence-electron chi connectivity index (χ2n) is 8.18. The van der Waals surface area contributed by atoms with Crippen molar-refractivity contribution < 1.29 is 0 Å². The third-order valence-electron chi connectivity index (χ3n) is 5.93. The maximum Gasteiger partial charge on any atom is -0.0184 e. The highest BCUT2D eigenvalue weighted by molar-refractivity contribution is 5.63. The van der Waals surface area contributed by atoms with Gasteiger partial charge in [-0.15, -0.1) is 0 Å². The Morgan fingerprint density at radius 3 is 0.774 bits per heavy atom. The maximum absolute atomic E-state index is 2.38. The van der Waals surface area contributed by atoms with Crippen molar-refractivity contribution in [3.63, 3.8) is 0 Å². The molecule has 0 heteroatoms. The molecule has 6 rings (SSSR count). The van der Waals surface area contributed by atoms with E-state index in [4.69, 9.17) is 0 Å². The topological polar surface area (TPSA) is 0 Å². The van der Waals surface area contributed by atoms with E-state index in [0.29, 0.717) is 0 Å². The molecule has 1 saturated carbocycles. The largest absolute Gasteiger partial charge is 0.0851 e. The summed E-state index contributed by atoms with van der Waals surface area (Å²) in [6.45, 7) is 0. The first-order valence-corrected chi connectivity index (χ1v) is 11.3. The van der Waals surface area contributed by atoms with Crippen LogP contribution in [-0.4, -0.2) is 0 Å². The number of benzene rings is 4. The lowest BCUT2D eigenvalue weighted by Crippen LogP contribution is -1.82. The molecule has 0 spiro atoms. The molecule has 31 heavy (non-hydrogen) atoms. The fourth-order valence-corrected chi connectivity index (χ4v) is 4.24. The van der Waals surface area contributed by atoms with Crippen LogP contribution in [-0.2, 0) is 0 Å². The van der Waals surface area contributed by atoms with Gasteiger partial charge in [0.1, 0.15) is 0 Å². The molecule has 154 valence electrons. The second-order valence-corrected chi connectivity index (χ2v) is 8.18. The predicted octanol–water partition coefficient (Wildman–Crippen LogP) is 8.68. The smallest absolute Gasteiger partial charge is 0.0184 e. The molecule has 0 N–H and O–H groups in total. The van der Waals surface area contributed by atoms with Crippen molar-refractivity contribution in [2.75, 3.05) is 0 Å².